The van der Waals surface area contributed by atoms with E-state index in [-0.39, 0.29) is 0 Å². The Hall–Kier alpha value is -0.260. The van der Waals surface area contributed by atoms with Crippen LogP contribution in [0.2, 0.25) is 0 Å². The van der Waals surface area contributed by atoms with Crippen LogP contribution in [-0.4, -0.2) is 0 Å². The molecule has 1 aliphatic rings. The lowest BCUT2D eigenvalue weighted by Crippen LogP contribution is -1.85. The van der Waals surface area contributed by atoms with Crippen LogP contribution in [0.1, 0.15) is 84.0 Å². The minimum absolute atomic E-state index is 1.15. The van der Waals surface area contributed by atoms with E-state index in [4.69, 9.17) is 0 Å². The van der Waals surface area contributed by atoms with Gasteiger partial charge in [0.2, 0.25) is 0 Å². The summed E-state index contributed by atoms with van der Waals surface area (Å²) in [5.74, 6) is 0. The van der Waals surface area contributed by atoms with Gasteiger partial charge in [0, 0.05) is 0 Å². The van der Waals surface area contributed by atoms with Gasteiger partial charge in [-0.3, -0.25) is 0 Å². The molecule has 0 heterocycles. The lowest BCUT2D eigenvalue weighted by Gasteiger charge is -2.05. The van der Waals surface area contributed by atoms with Crippen molar-refractivity contribution in [2.24, 2.45) is 0 Å². The lowest BCUT2D eigenvalue weighted by molar-refractivity contribution is 0.504. The Morgan fingerprint density at radius 3 is 1.07 bits per heavy atom. The van der Waals surface area contributed by atoms with E-state index in [1.54, 1.807) is 0 Å². The second kappa shape index (κ2) is 13.7. The topological polar surface area (TPSA) is 0 Å². The summed E-state index contributed by atoms with van der Waals surface area (Å²) in [4.78, 5) is 0. The van der Waals surface area contributed by atoms with E-state index in [0.29, 0.717) is 0 Å². The first-order valence-corrected chi connectivity index (χ1v) is 7.02. The zero-order valence-electron chi connectivity index (χ0n) is 10.8. The third kappa shape index (κ3) is 13.7. The summed E-state index contributed by atoms with van der Waals surface area (Å²) in [6.07, 6.45) is 19.3. The fraction of sp³-hybridized carbons (Fsp3) is 0.867. The highest BCUT2D eigenvalue weighted by Crippen LogP contribution is 2.15. The maximum atomic E-state index is 3.55. The molecule has 90 valence electrons. The van der Waals surface area contributed by atoms with Gasteiger partial charge in [-0.05, 0) is 6.42 Å². The Morgan fingerprint density at radius 1 is 0.733 bits per heavy atom. The first-order chi connectivity index (χ1) is 7.41. The highest BCUT2D eigenvalue weighted by molar-refractivity contribution is 4.63. The molecule has 0 aromatic rings. The Labute approximate surface area is 97.2 Å². The van der Waals surface area contributed by atoms with Crippen LogP contribution in [0.3, 0.4) is 0 Å². The van der Waals surface area contributed by atoms with Crippen LogP contribution in [0.4, 0.5) is 0 Å². The van der Waals surface area contributed by atoms with Crippen molar-refractivity contribution in [1.82, 2.24) is 0 Å². The molecule has 0 nitrogen and oxygen atoms in total. The molecule has 0 saturated heterocycles. The average molecular weight is 210 g/mol. The highest BCUT2D eigenvalue weighted by atomic mass is 14.0. The van der Waals surface area contributed by atoms with Gasteiger partial charge in [-0.25, -0.2) is 0 Å². The summed E-state index contributed by atoms with van der Waals surface area (Å²) in [7, 11) is 0. The largest absolute Gasteiger partial charge is 0.103 e. The van der Waals surface area contributed by atoms with Crippen molar-refractivity contribution < 1.29 is 0 Å². The summed E-state index contributed by atoms with van der Waals surface area (Å²) in [6, 6.07) is 0. The molecule has 0 amide bonds. The fourth-order valence-corrected chi connectivity index (χ4v) is 1.97. The normalized spacial score (nSPS) is 18.5. The summed E-state index contributed by atoms with van der Waals surface area (Å²) in [5.41, 5.74) is 0. The molecule has 15 heavy (non-hydrogen) atoms. The van der Waals surface area contributed by atoms with Gasteiger partial charge in [0.05, 0.1) is 0 Å². The SMILES string of the molecule is C1CCCCCCCCC1.C=CCCC. The number of hydrogen-bond acceptors (Lipinski definition) is 0. The van der Waals surface area contributed by atoms with E-state index in [1.165, 1.54) is 70.6 Å². The third-order valence-corrected chi connectivity index (χ3v) is 2.99. The molecule has 0 spiro atoms. The predicted octanol–water partition coefficient (Wildman–Crippen LogP) is 5.87. The number of hydrogen-bond donors (Lipinski definition) is 0. The summed E-state index contributed by atoms with van der Waals surface area (Å²) < 4.78 is 0. The molecule has 0 N–H and O–H groups in total. The van der Waals surface area contributed by atoms with E-state index in [2.05, 4.69) is 13.5 Å². The number of allylic oxidation sites excluding steroid dienone is 1. The molecule has 0 heteroatoms. The fourth-order valence-electron chi connectivity index (χ4n) is 1.97. The van der Waals surface area contributed by atoms with Gasteiger partial charge in [-0.2, -0.15) is 0 Å². The minimum Gasteiger partial charge on any atom is -0.103 e. The highest BCUT2D eigenvalue weighted by Gasteiger charge is 1.95. The Morgan fingerprint density at radius 2 is 1.00 bits per heavy atom. The molecule has 0 radical (unpaired) electrons. The number of unbranched alkanes of at least 4 members (excludes halogenated alkanes) is 1. The summed E-state index contributed by atoms with van der Waals surface area (Å²) in [6.45, 7) is 5.69. The predicted molar refractivity (Wildman–Crippen MR) is 71.3 cm³/mol. The van der Waals surface area contributed by atoms with Crippen LogP contribution >= 0.6 is 0 Å². The Bertz CT molecular complexity index is 82.0. The van der Waals surface area contributed by atoms with Crippen LogP contribution in [0, 0.1) is 0 Å². The number of rotatable bonds is 2. The van der Waals surface area contributed by atoms with Crippen LogP contribution in [0.25, 0.3) is 0 Å². The van der Waals surface area contributed by atoms with Crippen LogP contribution < -0.4 is 0 Å². The van der Waals surface area contributed by atoms with Crippen molar-refractivity contribution >= 4 is 0 Å². The Kier molecular flexibility index (Phi) is 13.5. The van der Waals surface area contributed by atoms with E-state index >= 15 is 0 Å². The second-order valence-corrected chi connectivity index (χ2v) is 4.61. The van der Waals surface area contributed by atoms with E-state index in [9.17, 15) is 0 Å². The third-order valence-electron chi connectivity index (χ3n) is 2.99. The van der Waals surface area contributed by atoms with Crippen molar-refractivity contribution in [2.45, 2.75) is 84.0 Å². The smallest absolute Gasteiger partial charge is 0.0356 e. The molecule has 0 aromatic heterocycles. The van der Waals surface area contributed by atoms with Crippen molar-refractivity contribution in [3.8, 4) is 0 Å². The van der Waals surface area contributed by atoms with Gasteiger partial charge in [-0.1, -0.05) is 83.6 Å². The van der Waals surface area contributed by atoms with Crippen LogP contribution in [-0.2, 0) is 0 Å². The second-order valence-electron chi connectivity index (χ2n) is 4.61. The monoisotopic (exact) mass is 210 g/mol. The molecule has 0 unspecified atom stereocenters. The summed E-state index contributed by atoms with van der Waals surface area (Å²) >= 11 is 0. The lowest BCUT2D eigenvalue weighted by atomic mass is 10.0. The minimum atomic E-state index is 1.15. The van der Waals surface area contributed by atoms with Crippen molar-refractivity contribution in [1.29, 1.82) is 0 Å². The molecule has 0 bridgehead atoms. The van der Waals surface area contributed by atoms with Crippen LogP contribution in [0.15, 0.2) is 12.7 Å². The van der Waals surface area contributed by atoms with Gasteiger partial charge >= 0.3 is 0 Å². The quantitative estimate of drug-likeness (QED) is 0.500. The molecule has 0 aliphatic heterocycles. The standard InChI is InChI=1S/C10H20.C5H10/c1-2-4-6-8-10-9-7-5-3-1;1-3-5-4-2/h1-10H2;3H,1,4-5H2,2H3. The van der Waals surface area contributed by atoms with Crippen molar-refractivity contribution in [3.63, 3.8) is 0 Å². The first kappa shape index (κ1) is 14.7. The van der Waals surface area contributed by atoms with Gasteiger partial charge in [-0.15, -0.1) is 6.58 Å². The molecule has 1 aliphatic carbocycles. The zero-order valence-corrected chi connectivity index (χ0v) is 10.8. The molecule has 0 atom stereocenters. The Balaban J connectivity index is 0.000000336. The zero-order chi connectivity index (χ0) is 11.2. The molecular formula is C15H30. The molecule has 1 fully saturated rings. The van der Waals surface area contributed by atoms with E-state index < -0.39 is 0 Å². The van der Waals surface area contributed by atoms with Gasteiger partial charge in [0.25, 0.3) is 0 Å². The molecule has 1 saturated carbocycles. The first-order valence-electron chi connectivity index (χ1n) is 7.02. The van der Waals surface area contributed by atoms with Gasteiger partial charge in [0.1, 0.15) is 0 Å². The summed E-state index contributed by atoms with van der Waals surface area (Å²) in [5, 5.41) is 0. The van der Waals surface area contributed by atoms with Gasteiger partial charge in [0.15, 0.2) is 0 Å². The van der Waals surface area contributed by atoms with Gasteiger partial charge < -0.3 is 0 Å². The van der Waals surface area contributed by atoms with Crippen molar-refractivity contribution in [3.05, 3.63) is 12.7 Å². The van der Waals surface area contributed by atoms with Crippen molar-refractivity contribution in [2.75, 3.05) is 0 Å². The molecular weight excluding hydrogens is 180 g/mol. The maximum Gasteiger partial charge on any atom is -0.0356 e. The maximum absolute atomic E-state index is 3.55. The molecule has 0 aromatic carbocycles. The van der Waals surface area contributed by atoms with Crippen LogP contribution in [0.5, 0.6) is 0 Å². The average Bonchev–Trinajstić information content (AvgIpc) is 2.29. The molecule has 1 rings (SSSR count). The van der Waals surface area contributed by atoms with E-state index in [1.807, 2.05) is 6.08 Å². The van der Waals surface area contributed by atoms with E-state index in [0.717, 1.165) is 6.42 Å².